The molecule has 0 fully saturated rings. The quantitative estimate of drug-likeness (QED) is 0.613. The Morgan fingerprint density at radius 3 is 2.53 bits per heavy atom. The smallest absolute Gasteiger partial charge is 0.255 e. The Hall–Kier alpha value is -2.37. The molecule has 0 radical (unpaired) electrons. The highest BCUT2D eigenvalue weighted by Crippen LogP contribution is 2.14. The van der Waals surface area contributed by atoms with Crippen molar-refractivity contribution in [2.75, 3.05) is 6.61 Å². The molecule has 0 atom stereocenters. The molecule has 1 amide bonds. The molecule has 0 spiro atoms. The van der Waals surface area contributed by atoms with E-state index in [9.17, 15) is 14.9 Å². The molecule has 6 nitrogen and oxygen atoms in total. The van der Waals surface area contributed by atoms with Crippen molar-refractivity contribution >= 4 is 12.0 Å². The monoisotopic (exact) mass is 236 g/mol. The van der Waals surface area contributed by atoms with Crippen molar-refractivity contribution in [3.63, 3.8) is 0 Å². The van der Waals surface area contributed by atoms with Gasteiger partial charge in [0.15, 0.2) is 6.61 Å². The van der Waals surface area contributed by atoms with Gasteiger partial charge in [-0.2, -0.15) is 0 Å². The standard InChI is InChI=1S/C11H12N2O4/c1-8(13(15)16)6-9-2-4-10(5-3-9)17-7-11(12)14/h2-6H,7H2,1H3,(H2,12,14)/b8-6+. The lowest BCUT2D eigenvalue weighted by Gasteiger charge is -2.03. The zero-order valence-corrected chi connectivity index (χ0v) is 9.25. The zero-order chi connectivity index (χ0) is 12.8. The fraction of sp³-hybridized carbons (Fsp3) is 0.182. The van der Waals surface area contributed by atoms with Crippen molar-refractivity contribution in [1.29, 1.82) is 0 Å². The maximum Gasteiger partial charge on any atom is 0.255 e. The highest BCUT2D eigenvalue weighted by molar-refractivity contribution is 5.75. The summed E-state index contributed by atoms with van der Waals surface area (Å²) in [7, 11) is 0. The average molecular weight is 236 g/mol. The molecule has 0 bridgehead atoms. The van der Waals surface area contributed by atoms with E-state index >= 15 is 0 Å². The number of carbonyl (C=O) groups is 1. The number of nitrogens with two attached hydrogens (primary N) is 1. The van der Waals surface area contributed by atoms with Gasteiger partial charge in [0.05, 0.1) is 4.92 Å². The summed E-state index contributed by atoms with van der Waals surface area (Å²) in [5.41, 5.74) is 5.66. The highest BCUT2D eigenvalue weighted by atomic mass is 16.6. The van der Waals surface area contributed by atoms with Crippen molar-refractivity contribution in [3.05, 3.63) is 45.6 Å². The number of primary amides is 1. The molecule has 6 heteroatoms. The summed E-state index contributed by atoms with van der Waals surface area (Å²) in [4.78, 5) is 20.4. The molecule has 0 heterocycles. The molecule has 0 aliphatic rings. The van der Waals surface area contributed by atoms with Crippen LogP contribution < -0.4 is 10.5 Å². The molecule has 0 aromatic heterocycles. The van der Waals surface area contributed by atoms with Crippen LogP contribution in [0, 0.1) is 10.1 Å². The van der Waals surface area contributed by atoms with E-state index in [0.717, 1.165) is 0 Å². The van der Waals surface area contributed by atoms with Gasteiger partial charge >= 0.3 is 0 Å². The Kier molecular flexibility index (Phi) is 4.21. The van der Waals surface area contributed by atoms with Crippen LogP contribution in [0.4, 0.5) is 0 Å². The number of hydrogen-bond donors (Lipinski definition) is 1. The Morgan fingerprint density at radius 1 is 1.47 bits per heavy atom. The van der Waals surface area contributed by atoms with Crippen molar-refractivity contribution in [2.45, 2.75) is 6.92 Å². The van der Waals surface area contributed by atoms with Crippen LogP contribution in [0.5, 0.6) is 5.75 Å². The van der Waals surface area contributed by atoms with Crippen LogP contribution in [-0.2, 0) is 4.79 Å². The average Bonchev–Trinajstić information content (AvgIpc) is 2.28. The first-order valence-corrected chi connectivity index (χ1v) is 4.83. The summed E-state index contributed by atoms with van der Waals surface area (Å²) in [6.45, 7) is 1.22. The van der Waals surface area contributed by atoms with Crippen LogP contribution >= 0.6 is 0 Å². The van der Waals surface area contributed by atoms with Gasteiger partial charge in [-0.15, -0.1) is 0 Å². The Morgan fingerprint density at radius 2 is 2.06 bits per heavy atom. The van der Waals surface area contributed by atoms with Crippen molar-refractivity contribution < 1.29 is 14.5 Å². The number of allylic oxidation sites excluding steroid dienone is 1. The lowest BCUT2D eigenvalue weighted by Crippen LogP contribution is -2.19. The van der Waals surface area contributed by atoms with E-state index < -0.39 is 10.8 Å². The number of nitrogens with zero attached hydrogens (tertiary/aromatic N) is 1. The van der Waals surface area contributed by atoms with Gasteiger partial charge < -0.3 is 10.5 Å². The van der Waals surface area contributed by atoms with Gasteiger partial charge in [0, 0.05) is 13.0 Å². The van der Waals surface area contributed by atoms with E-state index in [1.165, 1.54) is 13.0 Å². The molecular formula is C11H12N2O4. The lowest BCUT2D eigenvalue weighted by atomic mass is 10.2. The van der Waals surface area contributed by atoms with E-state index in [0.29, 0.717) is 11.3 Å². The largest absolute Gasteiger partial charge is 0.484 e. The zero-order valence-electron chi connectivity index (χ0n) is 9.25. The molecule has 0 saturated carbocycles. The number of ether oxygens (including phenoxy) is 1. The van der Waals surface area contributed by atoms with Gasteiger partial charge in [0.1, 0.15) is 5.75 Å². The summed E-state index contributed by atoms with van der Waals surface area (Å²) in [5.74, 6) is -0.0714. The fourth-order valence-electron chi connectivity index (χ4n) is 1.11. The van der Waals surface area contributed by atoms with Crippen LogP contribution in [0.15, 0.2) is 30.0 Å². The van der Waals surface area contributed by atoms with Crippen LogP contribution in [0.1, 0.15) is 12.5 Å². The minimum Gasteiger partial charge on any atom is -0.484 e. The van der Waals surface area contributed by atoms with Gasteiger partial charge in [-0.1, -0.05) is 12.1 Å². The van der Waals surface area contributed by atoms with Crippen LogP contribution in [0.3, 0.4) is 0 Å². The van der Waals surface area contributed by atoms with Gasteiger partial charge in [0.2, 0.25) is 5.70 Å². The molecule has 90 valence electrons. The van der Waals surface area contributed by atoms with E-state index in [-0.39, 0.29) is 12.3 Å². The van der Waals surface area contributed by atoms with Crippen LogP contribution in [-0.4, -0.2) is 17.4 Å². The number of rotatable bonds is 5. The number of benzene rings is 1. The number of hydrogen-bond acceptors (Lipinski definition) is 4. The summed E-state index contributed by atoms with van der Waals surface area (Å²) < 4.78 is 5.05. The third-order valence-electron chi connectivity index (χ3n) is 1.92. The molecule has 0 saturated heterocycles. The summed E-state index contributed by atoms with van der Waals surface area (Å²) in [6.07, 6.45) is 1.44. The minimum atomic E-state index is -0.557. The highest BCUT2D eigenvalue weighted by Gasteiger charge is 2.02. The van der Waals surface area contributed by atoms with E-state index in [4.69, 9.17) is 10.5 Å². The molecule has 1 rings (SSSR count). The van der Waals surface area contributed by atoms with Gasteiger partial charge in [0.25, 0.3) is 5.91 Å². The first-order valence-electron chi connectivity index (χ1n) is 4.83. The summed E-state index contributed by atoms with van der Waals surface area (Å²) >= 11 is 0. The SMILES string of the molecule is C/C(=C\c1ccc(OCC(N)=O)cc1)[N+](=O)[O-]. The predicted molar refractivity (Wildman–Crippen MR) is 61.8 cm³/mol. The molecule has 1 aromatic rings. The Bertz CT molecular complexity index is 451. The molecule has 1 aromatic carbocycles. The second-order valence-electron chi connectivity index (χ2n) is 3.37. The normalized spacial score (nSPS) is 11.0. The van der Waals surface area contributed by atoms with Crippen molar-refractivity contribution in [2.24, 2.45) is 5.73 Å². The maximum atomic E-state index is 10.5. The summed E-state index contributed by atoms with van der Waals surface area (Å²) in [5, 5.41) is 10.4. The molecular weight excluding hydrogens is 224 g/mol. The van der Waals surface area contributed by atoms with E-state index in [2.05, 4.69) is 0 Å². The third kappa shape index (κ3) is 4.33. The minimum absolute atomic E-state index is 0.0517. The van der Waals surface area contributed by atoms with Crippen molar-refractivity contribution in [3.8, 4) is 5.75 Å². The topological polar surface area (TPSA) is 95.5 Å². The molecule has 0 unspecified atom stereocenters. The second kappa shape index (κ2) is 5.64. The predicted octanol–water partition coefficient (Wildman–Crippen LogP) is 1.19. The van der Waals surface area contributed by atoms with E-state index in [1.54, 1.807) is 24.3 Å². The van der Waals surface area contributed by atoms with Gasteiger partial charge in [-0.05, 0) is 17.7 Å². The third-order valence-corrected chi connectivity index (χ3v) is 1.92. The van der Waals surface area contributed by atoms with Crippen LogP contribution in [0.25, 0.3) is 6.08 Å². The Balaban J connectivity index is 2.71. The number of amides is 1. The maximum absolute atomic E-state index is 10.5. The molecule has 0 aliphatic carbocycles. The van der Waals surface area contributed by atoms with Gasteiger partial charge in [-0.25, -0.2) is 0 Å². The first-order chi connectivity index (χ1) is 7.99. The van der Waals surface area contributed by atoms with E-state index in [1.807, 2.05) is 0 Å². The molecule has 2 N–H and O–H groups in total. The first kappa shape index (κ1) is 12.7. The number of carbonyl (C=O) groups excluding carboxylic acids is 1. The van der Waals surface area contributed by atoms with Gasteiger partial charge in [-0.3, -0.25) is 14.9 Å². The number of nitro groups is 1. The molecule has 17 heavy (non-hydrogen) atoms. The summed E-state index contributed by atoms with van der Waals surface area (Å²) in [6, 6.07) is 6.54. The fourth-order valence-corrected chi connectivity index (χ4v) is 1.11. The Labute approximate surface area is 97.8 Å². The van der Waals surface area contributed by atoms with Crippen molar-refractivity contribution in [1.82, 2.24) is 0 Å². The second-order valence-corrected chi connectivity index (χ2v) is 3.37. The lowest BCUT2D eigenvalue weighted by molar-refractivity contribution is -0.422. The van der Waals surface area contributed by atoms with Crippen LogP contribution in [0.2, 0.25) is 0 Å². The molecule has 0 aliphatic heterocycles.